The predicted octanol–water partition coefficient (Wildman–Crippen LogP) is 0.774. The molecule has 0 amide bonds. The van der Waals surface area contributed by atoms with E-state index in [1.165, 1.54) is 13.2 Å². The molecule has 84 valence electrons. The van der Waals surface area contributed by atoms with E-state index in [0.29, 0.717) is 12.2 Å². The minimum absolute atomic E-state index is 0.0107. The van der Waals surface area contributed by atoms with Gasteiger partial charge in [0.05, 0.1) is 7.11 Å². The van der Waals surface area contributed by atoms with Crippen molar-refractivity contribution in [3.63, 3.8) is 0 Å². The molecule has 0 heterocycles. The smallest absolute Gasteiger partial charge is 0.241 e. The molecule has 0 aliphatic heterocycles. The highest BCUT2D eigenvalue weighted by molar-refractivity contribution is 7.89. The van der Waals surface area contributed by atoms with Crippen LogP contribution in [0.25, 0.3) is 0 Å². The van der Waals surface area contributed by atoms with Crippen LogP contribution >= 0.6 is 0 Å². The Balaban J connectivity index is 3.26. The van der Waals surface area contributed by atoms with Gasteiger partial charge >= 0.3 is 0 Å². The molecule has 1 rings (SSSR count). The van der Waals surface area contributed by atoms with Gasteiger partial charge in [-0.2, -0.15) is 0 Å². The first-order valence-electron chi connectivity index (χ1n) is 4.43. The third-order valence-electron chi connectivity index (χ3n) is 1.85. The molecule has 6 heteroatoms. The largest absolute Gasteiger partial charge is 0.495 e. The molecule has 1 aromatic rings. The van der Waals surface area contributed by atoms with Gasteiger partial charge in [0.25, 0.3) is 0 Å². The van der Waals surface area contributed by atoms with E-state index in [1.807, 2.05) is 6.92 Å². The monoisotopic (exact) mass is 230 g/mol. The van der Waals surface area contributed by atoms with Gasteiger partial charge in [-0.1, -0.05) is 0 Å². The number of sulfonamides is 1. The summed E-state index contributed by atoms with van der Waals surface area (Å²) in [5, 5.41) is 8.06. The Kier molecular flexibility index (Phi) is 3.54. The van der Waals surface area contributed by atoms with Crippen LogP contribution in [0.15, 0.2) is 23.1 Å². The molecule has 3 N–H and O–H groups in total. The molecule has 0 spiro atoms. The maximum atomic E-state index is 11.2. The summed E-state index contributed by atoms with van der Waals surface area (Å²) in [5.74, 6) is 0.249. The van der Waals surface area contributed by atoms with Gasteiger partial charge in [0.1, 0.15) is 10.6 Å². The van der Waals surface area contributed by atoms with Crippen LogP contribution in [0.2, 0.25) is 0 Å². The van der Waals surface area contributed by atoms with E-state index >= 15 is 0 Å². The normalized spacial score (nSPS) is 11.1. The van der Waals surface area contributed by atoms with Crippen LogP contribution in [0.1, 0.15) is 6.92 Å². The van der Waals surface area contributed by atoms with Gasteiger partial charge < -0.3 is 10.1 Å². The molecule has 5 nitrogen and oxygen atoms in total. The van der Waals surface area contributed by atoms with E-state index in [-0.39, 0.29) is 10.6 Å². The fraction of sp³-hybridized carbons (Fsp3) is 0.333. The molecule has 0 fully saturated rings. The average molecular weight is 230 g/mol. The second-order valence-electron chi connectivity index (χ2n) is 2.94. The van der Waals surface area contributed by atoms with E-state index in [4.69, 9.17) is 9.88 Å². The maximum absolute atomic E-state index is 11.2. The van der Waals surface area contributed by atoms with Gasteiger partial charge in [-0.3, -0.25) is 0 Å². The maximum Gasteiger partial charge on any atom is 0.241 e. The lowest BCUT2D eigenvalue weighted by Gasteiger charge is -2.09. The Morgan fingerprint density at radius 1 is 1.47 bits per heavy atom. The summed E-state index contributed by atoms with van der Waals surface area (Å²) in [6, 6.07) is 4.76. The van der Waals surface area contributed by atoms with E-state index in [0.717, 1.165) is 0 Å². The highest BCUT2D eigenvalue weighted by atomic mass is 32.2. The first-order valence-corrected chi connectivity index (χ1v) is 5.98. The fourth-order valence-electron chi connectivity index (χ4n) is 1.21. The van der Waals surface area contributed by atoms with E-state index in [2.05, 4.69) is 5.32 Å². The lowest BCUT2D eigenvalue weighted by atomic mass is 10.3. The Bertz CT molecular complexity index is 443. The summed E-state index contributed by atoms with van der Waals surface area (Å²) in [6.45, 7) is 2.62. The van der Waals surface area contributed by atoms with Crippen molar-refractivity contribution in [3.05, 3.63) is 18.2 Å². The number of methoxy groups -OCH3 is 1. The Morgan fingerprint density at radius 3 is 2.60 bits per heavy atom. The van der Waals surface area contributed by atoms with Gasteiger partial charge in [-0.15, -0.1) is 0 Å². The molecular weight excluding hydrogens is 216 g/mol. The van der Waals surface area contributed by atoms with Crippen molar-refractivity contribution in [3.8, 4) is 5.75 Å². The van der Waals surface area contributed by atoms with Crippen LogP contribution in [-0.2, 0) is 10.0 Å². The van der Waals surface area contributed by atoms with Gasteiger partial charge in [-0.05, 0) is 25.1 Å². The van der Waals surface area contributed by atoms with Crippen molar-refractivity contribution in [1.82, 2.24) is 0 Å². The summed E-state index contributed by atoms with van der Waals surface area (Å²) in [6.07, 6.45) is 0. The zero-order chi connectivity index (χ0) is 11.5. The fourth-order valence-corrected chi connectivity index (χ4v) is 1.94. The molecule has 0 saturated carbocycles. The number of nitrogens with two attached hydrogens (primary N) is 1. The minimum atomic E-state index is -3.75. The molecule has 15 heavy (non-hydrogen) atoms. The van der Waals surface area contributed by atoms with Crippen molar-refractivity contribution < 1.29 is 13.2 Å². The zero-order valence-corrected chi connectivity index (χ0v) is 9.47. The van der Waals surface area contributed by atoms with Gasteiger partial charge in [0.2, 0.25) is 10.0 Å². The van der Waals surface area contributed by atoms with E-state index in [1.54, 1.807) is 12.1 Å². The quantitative estimate of drug-likeness (QED) is 0.800. The number of hydrogen-bond donors (Lipinski definition) is 2. The molecule has 1 aromatic carbocycles. The number of benzene rings is 1. The summed E-state index contributed by atoms with van der Waals surface area (Å²) in [4.78, 5) is -0.0107. The molecule has 0 aliphatic carbocycles. The second-order valence-corrected chi connectivity index (χ2v) is 4.47. The number of nitrogens with one attached hydrogen (secondary N) is 1. The summed E-state index contributed by atoms with van der Waals surface area (Å²) >= 11 is 0. The second kappa shape index (κ2) is 4.50. The van der Waals surface area contributed by atoms with Crippen molar-refractivity contribution in [2.24, 2.45) is 5.14 Å². The summed E-state index contributed by atoms with van der Waals surface area (Å²) < 4.78 is 27.4. The highest BCUT2D eigenvalue weighted by Crippen LogP contribution is 2.25. The number of anilines is 1. The van der Waals surface area contributed by atoms with Crippen LogP contribution in [-0.4, -0.2) is 22.1 Å². The lowest BCUT2D eigenvalue weighted by Crippen LogP contribution is -2.14. The molecule has 0 bridgehead atoms. The van der Waals surface area contributed by atoms with Gasteiger partial charge in [-0.25, -0.2) is 13.6 Å². The van der Waals surface area contributed by atoms with Crippen LogP contribution in [0.4, 0.5) is 5.69 Å². The van der Waals surface area contributed by atoms with Crippen molar-refractivity contribution in [2.75, 3.05) is 19.0 Å². The van der Waals surface area contributed by atoms with Crippen molar-refractivity contribution in [2.45, 2.75) is 11.8 Å². The number of ether oxygens (including phenoxy) is 1. The Labute approximate surface area is 89.3 Å². The first-order chi connectivity index (χ1) is 6.99. The van der Waals surface area contributed by atoms with Gasteiger partial charge in [0.15, 0.2) is 0 Å². The molecule has 0 atom stereocenters. The Morgan fingerprint density at radius 2 is 2.13 bits per heavy atom. The molecule has 0 saturated heterocycles. The van der Waals surface area contributed by atoms with Gasteiger partial charge in [0, 0.05) is 12.2 Å². The van der Waals surface area contributed by atoms with E-state index in [9.17, 15) is 8.42 Å². The molecule has 0 unspecified atom stereocenters. The standard InChI is InChI=1S/C9H14N2O3S/c1-3-11-7-4-5-8(14-2)9(6-7)15(10,12)13/h4-6,11H,3H2,1-2H3,(H2,10,12,13). The first kappa shape index (κ1) is 11.8. The highest BCUT2D eigenvalue weighted by Gasteiger charge is 2.15. The third-order valence-corrected chi connectivity index (χ3v) is 2.78. The summed E-state index contributed by atoms with van der Waals surface area (Å²) in [5.41, 5.74) is 0.697. The molecular formula is C9H14N2O3S. The minimum Gasteiger partial charge on any atom is -0.495 e. The Hall–Kier alpha value is -1.27. The number of rotatable bonds is 4. The number of primary sulfonamides is 1. The molecule has 0 aromatic heterocycles. The van der Waals surface area contributed by atoms with Crippen molar-refractivity contribution >= 4 is 15.7 Å². The topological polar surface area (TPSA) is 81.4 Å². The average Bonchev–Trinajstić information content (AvgIpc) is 2.17. The van der Waals surface area contributed by atoms with Crippen LogP contribution in [0.5, 0.6) is 5.75 Å². The molecule has 0 radical (unpaired) electrons. The predicted molar refractivity (Wildman–Crippen MR) is 58.5 cm³/mol. The molecule has 0 aliphatic rings. The SMILES string of the molecule is CCNc1ccc(OC)c(S(N)(=O)=O)c1. The number of hydrogen-bond acceptors (Lipinski definition) is 4. The van der Waals surface area contributed by atoms with E-state index < -0.39 is 10.0 Å². The summed E-state index contributed by atoms with van der Waals surface area (Å²) in [7, 11) is -2.35. The lowest BCUT2D eigenvalue weighted by molar-refractivity contribution is 0.403. The van der Waals surface area contributed by atoms with Crippen LogP contribution in [0.3, 0.4) is 0 Å². The zero-order valence-electron chi connectivity index (χ0n) is 8.65. The van der Waals surface area contributed by atoms with Crippen LogP contribution in [0, 0.1) is 0 Å². The van der Waals surface area contributed by atoms with Crippen molar-refractivity contribution in [1.29, 1.82) is 0 Å². The third kappa shape index (κ3) is 2.84. The van der Waals surface area contributed by atoms with Crippen LogP contribution < -0.4 is 15.2 Å².